The molecule has 0 bridgehead atoms. The summed E-state index contributed by atoms with van der Waals surface area (Å²) in [5.41, 5.74) is 1.30. The van der Waals surface area contributed by atoms with Crippen LogP contribution in [0, 0.1) is 0 Å². The van der Waals surface area contributed by atoms with E-state index >= 15 is 0 Å². The molecule has 16 heavy (non-hydrogen) atoms. The van der Waals surface area contributed by atoms with Crippen LogP contribution in [0.3, 0.4) is 0 Å². The predicted octanol–water partition coefficient (Wildman–Crippen LogP) is 3.56. The van der Waals surface area contributed by atoms with Crippen LogP contribution < -0.4 is 0 Å². The first kappa shape index (κ1) is 13.6. The molecule has 0 radical (unpaired) electrons. The van der Waals surface area contributed by atoms with E-state index in [-0.39, 0.29) is 0 Å². The monoisotopic (exact) mass is 238 g/mol. The Morgan fingerprint density at radius 2 is 1.75 bits per heavy atom. The van der Waals surface area contributed by atoms with Gasteiger partial charge in [0.2, 0.25) is 0 Å². The highest BCUT2D eigenvalue weighted by Crippen LogP contribution is 2.06. The van der Waals surface area contributed by atoms with Crippen LogP contribution in [0.1, 0.15) is 38.2 Å². The highest BCUT2D eigenvalue weighted by molar-refractivity contribution is 7.91. The summed E-state index contributed by atoms with van der Waals surface area (Å²) in [4.78, 5) is 0. The number of rotatable bonds is 8. The second-order valence-corrected chi connectivity index (χ2v) is 5.84. The average Bonchev–Trinajstić information content (AvgIpc) is 2.33. The zero-order valence-electron chi connectivity index (χ0n) is 10.2. The van der Waals surface area contributed by atoms with Crippen LogP contribution in [0.4, 0.5) is 0 Å². The maximum absolute atomic E-state index is 11.7. The van der Waals surface area contributed by atoms with Gasteiger partial charge in [0.25, 0.3) is 0 Å². The van der Waals surface area contributed by atoms with Gasteiger partial charge in [-0.05, 0) is 18.4 Å². The molecule has 1 rings (SSSR count). The third-order valence-electron chi connectivity index (χ3n) is 2.69. The van der Waals surface area contributed by atoms with E-state index < -0.39 is 11.2 Å². The van der Waals surface area contributed by atoms with Gasteiger partial charge in [-0.1, -0.05) is 61.3 Å². The summed E-state index contributed by atoms with van der Waals surface area (Å²) in [6, 6.07) is 10.3. The van der Waals surface area contributed by atoms with Crippen LogP contribution in [0.15, 0.2) is 30.3 Å². The zero-order valence-corrected chi connectivity index (χ0v) is 11.0. The third-order valence-corrected chi connectivity index (χ3v) is 4.09. The standard InChI is InChI=1S/C14H22OS/c1-2-3-4-8-12-16(15)13-11-14-9-6-5-7-10-14/h5-7,9-10H,2-4,8,11-13H2,1H3. The Labute approximate surface area is 102 Å². The number of hydrogen-bond acceptors (Lipinski definition) is 1. The Bertz CT molecular complexity index is 261. The quantitative estimate of drug-likeness (QED) is 0.501. The van der Waals surface area contributed by atoms with E-state index in [1.165, 1.54) is 24.8 Å². The van der Waals surface area contributed by atoms with Gasteiger partial charge in [0.1, 0.15) is 11.5 Å². The lowest BCUT2D eigenvalue weighted by molar-refractivity contribution is 0.587. The van der Waals surface area contributed by atoms with E-state index in [0.29, 0.717) is 0 Å². The molecule has 90 valence electrons. The van der Waals surface area contributed by atoms with E-state index in [1.807, 2.05) is 18.2 Å². The normalized spacial score (nSPS) is 12.6. The average molecular weight is 238 g/mol. The van der Waals surface area contributed by atoms with Gasteiger partial charge in [0.05, 0.1) is 0 Å². The van der Waals surface area contributed by atoms with Crippen LogP contribution >= 0.6 is 0 Å². The van der Waals surface area contributed by atoms with Gasteiger partial charge in [0, 0.05) is 6.42 Å². The highest BCUT2D eigenvalue weighted by atomic mass is 32.2. The summed E-state index contributed by atoms with van der Waals surface area (Å²) in [6.45, 7) is 2.20. The Balaban J connectivity index is 2.08. The first-order valence-electron chi connectivity index (χ1n) is 6.22. The minimum Gasteiger partial charge on any atom is -0.616 e. The molecule has 1 aromatic carbocycles. The van der Waals surface area contributed by atoms with Crippen LogP contribution in [-0.4, -0.2) is 16.1 Å². The van der Waals surface area contributed by atoms with E-state index in [1.54, 1.807) is 0 Å². The van der Waals surface area contributed by atoms with Gasteiger partial charge >= 0.3 is 0 Å². The van der Waals surface area contributed by atoms with Gasteiger partial charge in [-0.25, -0.2) is 0 Å². The number of hydrogen-bond donors (Lipinski definition) is 0. The lowest BCUT2D eigenvalue weighted by Crippen LogP contribution is -2.13. The van der Waals surface area contributed by atoms with E-state index in [4.69, 9.17) is 0 Å². The molecule has 0 heterocycles. The second-order valence-electron chi connectivity index (χ2n) is 4.14. The summed E-state index contributed by atoms with van der Waals surface area (Å²) in [7, 11) is 0. The van der Waals surface area contributed by atoms with Crippen molar-refractivity contribution in [3.63, 3.8) is 0 Å². The Morgan fingerprint density at radius 1 is 1.00 bits per heavy atom. The van der Waals surface area contributed by atoms with Crippen molar-refractivity contribution >= 4 is 11.2 Å². The van der Waals surface area contributed by atoms with Crippen molar-refractivity contribution in [2.24, 2.45) is 0 Å². The molecule has 0 saturated heterocycles. The molecule has 0 aliphatic heterocycles. The largest absolute Gasteiger partial charge is 0.616 e. The minimum absolute atomic E-state index is 0.624. The van der Waals surface area contributed by atoms with Crippen LogP contribution in [0.2, 0.25) is 0 Å². The first-order chi connectivity index (χ1) is 7.83. The molecular formula is C14H22OS. The minimum atomic E-state index is -0.624. The molecule has 0 amide bonds. The molecule has 2 heteroatoms. The van der Waals surface area contributed by atoms with Gasteiger partial charge in [-0.3, -0.25) is 0 Å². The summed E-state index contributed by atoms with van der Waals surface area (Å²) in [5, 5.41) is 0. The molecule has 0 aliphatic rings. The second kappa shape index (κ2) is 8.66. The SMILES string of the molecule is CCCCCC[S+]([O-])CCc1ccccc1. The third kappa shape index (κ3) is 6.19. The van der Waals surface area contributed by atoms with Crippen LogP contribution in [0.25, 0.3) is 0 Å². The fourth-order valence-electron chi connectivity index (χ4n) is 1.67. The summed E-state index contributed by atoms with van der Waals surface area (Å²) in [6.07, 6.45) is 5.82. The molecule has 1 unspecified atom stereocenters. The lowest BCUT2D eigenvalue weighted by Gasteiger charge is -2.10. The fraction of sp³-hybridized carbons (Fsp3) is 0.571. The molecule has 1 nitrogen and oxygen atoms in total. The first-order valence-corrected chi connectivity index (χ1v) is 7.70. The number of aryl methyl sites for hydroxylation is 1. The smallest absolute Gasteiger partial charge is 0.109 e. The molecule has 0 N–H and O–H groups in total. The fourth-order valence-corrected chi connectivity index (χ4v) is 2.86. The van der Waals surface area contributed by atoms with Crippen molar-refractivity contribution in [1.29, 1.82) is 0 Å². The molecule has 0 spiro atoms. The van der Waals surface area contributed by atoms with Crippen molar-refractivity contribution in [2.45, 2.75) is 39.0 Å². The van der Waals surface area contributed by atoms with Crippen molar-refractivity contribution < 1.29 is 4.55 Å². The van der Waals surface area contributed by atoms with E-state index in [2.05, 4.69) is 19.1 Å². The zero-order chi connectivity index (χ0) is 11.6. The van der Waals surface area contributed by atoms with Crippen molar-refractivity contribution in [3.8, 4) is 0 Å². The molecule has 0 aromatic heterocycles. The van der Waals surface area contributed by atoms with Gasteiger partial charge in [-0.2, -0.15) is 0 Å². The summed E-state index contributed by atoms with van der Waals surface area (Å²) >= 11 is -0.624. The van der Waals surface area contributed by atoms with E-state index in [0.717, 1.165) is 24.3 Å². The van der Waals surface area contributed by atoms with Crippen molar-refractivity contribution in [3.05, 3.63) is 35.9 Å². The maximum atomic E-state index is 11.7. The molecule has 0 aliphatic carbocycles. The number of benzene rings is 1. The Hall–Kier alpha value is -0.470. The van der Waals surface area contributed by atoms with Gasteiger partial charge in [-0.15, -0.1) is 0 Å². The highest BCUT2D eigenvalue weighted by Gasteiger charge is 2.05. The lowest BCUT2D eigenvalue weighted by atomic mass is 10.2. The molecule has 1 aromatic rings. The Morgan fingerprint density at radius 3 is 2.44 bits per heavy atom. The van der Waals surface area contributed by atoms with Crippen LogP contribution in [0.5, 0.6) is 0 Å². The van der Waals surface area contributed by atoms with Crippen LogP contribution in [-0.2, 0) is 17.6 Å². The molecular weight excluding hydrogens is 216 g/mol. The van der Waals surface area contributed by atoms with Gasteiger partial charge in [0.15, 0.2) is 0 Å². The Kier molecular flexibility index (Phi) is 7.35. The van der Waals surface area contributed by atoms with Crippen molar-refractivity contribution in [1.82, 2.24) is 0 Å². The molecule has 0 saturated carbocycles. The number of unbranched alkanes of at least 4 members (excludes halogenated alkanes) is 3. The summed E-state index contributed by atoms with van der Waals surface area (Å²) < 4.78 is 11.7. The molecule has 0 fully saturated rings. The molecule has 1 atom stereocenters. The van der Waals surface area contributed by atoms with Gasteiger partial charge < -0.3 is 4.55 Å². The van der Waals surface area contributed by atoms with E-state index in [9.17, 15) is 4.55 Å². The van der Waals surface area contributed by atoms with Crippen molar-refractivity contribution in [2.75, 3.05) is 11.5 Å². The topological polar surface area (TPSA) is 23.1 Å². The predicted molar refractivity (Wildman–Crippen MR) is 72.2 cm³/mol. The maximum Gasteiger partial charge on any atom is 0.109 e. The summed E-state index contributed by atoms with van der Waals surface area (Å²) in [5.74, 6) is 1.70.